The largest absolute Gasteiger partial charge is 0.462 e. The summed E-state index contributed by atoms with van der Waals surface area (Å²) in [7, 11) is 0. The number of hydrogen-bond acceptors (Lipinski definition) is 3. The summed E-state index contributed by atoms with van der Waals surface area (Å²) in [5.41, 5.74) is 6.67. The summed E-state index contributed by atoms with van der Waals surface area (Å²) >= 11 is 1.46. The lowest BCUT2D eigenvalue weighted by atomic mass is 9.62. The molecule has 3 heteroatoms. The monoisotopic (exact) mass is 382 g/mol. The average molecular weight is 383 g/mol. The maximum Gasteiger partial charge on any atom is 0.348 e. The second-order valence-electron chi connectivity index (χ2n) is 8.84. The highest BCUT2D eigenvalue weighted by Crippen LogP contribution is 2.47. The quantitative estimate of drug-likeness (QED) is 0.554. The number of ether oxygens (including phenoxy) is 1. The number of rotatable bonds is 4. The summed E-state index contributed by atoms with van der Waals surface area (Å²) in [5.74, 6) is -0.258. The van der Waals surface area contributed by atoms with Crippen LogP contribution in [-0.4, -0.2) is 12.6 Å². The Balaban J connectivity index is 2.03. The van der Waals surface area contributed by atoms with Gasteiger partial charge in [0.15, 0.2) is 0 Å². The standard InChI is InChI=1S/C24H30O2S/c1-8-26-22(25)21-10-9-20(27-21)16(3)17-14-19-18(13-15(17)2)23(4,5)11-12-24(19,6)7/h9-10,13-14H,3,8,11-12H2,1-2,4-7H3. The van der Waals surface area contributed by atoms with Crippen molar-refractivity contribution in [2.24, 2.45) is 0 Å². The highest BCUT2D eigenvalue weighted by Gasteiger charge is 2.37. The zero-order valence-electron chi connectivity index (χ0n) is 17.4. The van der Waals surface area contributed by atoms with Crippen molar-refractivity contribution in [2.45, 2.75) is 65.2 Å². The highest BCUT2D eigenvalue weighted by molar-refractivity contribution is 7.15. The number of hydrogen-bond donors (Lipinski definition) is 0. The molecule has 0 fully saturated rings. The van der Waals surface area contributed by atoms with Gasteiger partial charge in [0.1, 0.15) is 4.88 Å². The molecule has 3 rings (SSSR count). The number of carbonyl (C=O) groups excluding carboxylic acids is 1. The number of carbonyl (C=O) groups is 1. The van der Waals surface area contributed by atoms with E-state index in [1.54, 1.807) is 0 Å². The van der Waals surface area contributed by atoms with Crippen molar-refractivity contribution in [3.8, 4) is 0 Å². The topological polar surface area (TPSA) is 26.3 Å². The molecule has 144 valence electrons. The van der Waals surface area contributed by atoms with Crippen molar-refractivity contribution < 1.29 is 9.53 Å². The van der Waals surface area contributed by atoms with E-state index in [9.17, 15) is 4.79 Å². The minimum atomic E-state index is -0.258. The van der Waals surface area contributed by atoms with E-state index in [1.807, 2.05) is 19.1 Å². The molecule has 1 heterocycles. The minimum Gasteiger partial charge on any atom is -0.462 e. The van der Waals surface area contributed by atoms with Gasteiger partial charge in [0.25, 0.3) is 0 Å². The lowest BCUT2D eigenvalue weighted by Crippen LogP contribution is -2.34. The number of fused-ring (bicyclic) bond motifs is 1. The predicted octanol–water partition coefficient (Wildman–Crippen LogP) is 6.64. The first-order chi connectivity index (χ1) is 12.6. The fraction of sp³-hybridized carbons (Fsp3) is 0.458. The summed E-state index contributed by atoms with van der Waals surface area (Å²) in [6.07, 6.45) is 2.40. The van der Waals surface area contributed by atoms with Crippen molar-refractivity contribution >= 4 is 22.9 Å². The summed E-state index contributed by atoms with van der Waals surface area (Å²) < 4.78 is 5.12. The number of benzene rings is 1. The van der Waals surface area contributed by atoms with E-state index in [2.05, 4.69) is 53.3 Å². The van der Waals surface area contributed by atoms with Gasteiger partial charge < -0.3 is 4.74 Å². The smallest absolute Gasteiger partial charge is 0.348 e. The molecule has 1 aromatic heterocycles. The van der Waals surface area contributed by atoms with E-state index in [-0.39, 0.29) is 16.8 Å². The zero-order chi connectivity index (χ0) is 20.0. The van der Waals surface area contributed by atoms with E-state index >= 15 is 0 Å². The molecule has 0 saturated carbocycles. The number of aryl methyl sites for hydroxylation is 1. The Hall–Kier alpha value is -1.87. The summed E-state index contributed by atoms with van der Waals surface area (Å²) in [6, 6.07) is 8.52. The van der Waals surface area contributed by atoms with Gasteiger partial charge in [-0.25, -0.2) is 4.79 Å². The molecule has 2 aromatic rings. The van der Waals surface area contributed by atoms with Crippen LogP contribution in [0, 0.1) is 6.92 Å². The molecule has 0 spiro atoms. The average Bonchev–Trinajstić information content (AvgIpc) is 3.09. The van der Waals surface area contributed by atoms with E-state index in [1.165, 1.54) is 46.4 Å². The molecule has 0 amide bonds. The Kier molecular flexibility index (Phi) is 5.11. The van der Waals surface area contributed by atoms with Crippen molar-refractivity contribution in [2.75, 3.05) is 6.61 Å². The van der Waals surface area contributed by atoms with E-state index < -0.39 is 0 Å². The van der Waals surface area contributed by atoms with Gasteiger partial charge in [-0.05, 0) is 77.5 Å². The van der Waals surface area contributed by atoms with Crippen LogP contribution in [0.3, 0.4) is 0 Å². The second kappa shape index (κ2) is 6.94. The summed E-state index contributed by atoms with van der Waals surface area (Å²) in [6.45, 7) is 18.1. The van der Waals surface area contributed by atoms with Gasteiger partial charge >= 0.3 is 5.97 Å². The van der Waals surface area contributed by atoms with Crippen LogP contribution >= 0.6 is 11.3 Å². The molecule has 0 radical (unpaired) electrons. The first-order valence-corrected chi connectivity index (χ1v) is 10.5. The van der Waals surface area contributed by atoms with E-state index in [0.29, 0.717) is 11.5 Å². The van der Waals surface area contributed by atoms with Crippen LogP contribution in [0.2, 0.25) is 0 Å². The van der Waals surface area contributed by atoms with Crippen LogP contribution < -0.4 is 0 Å². The summed E-state index contributed by atoms with van der Waals surface area (Å²) in [4.78, 5) is 13.6. The minimum absolute atomic E-state index is 0.166. The van der Waals surface area contributed by atoms with Gasteiger partial charge in [-0.2, -0.15) is 0 Å². The molecule has 0 atom stereocenters. The lowest BCUT2D eigenvalue weighted by molar-refractivity contribution is 0.0532. The van der Waals surface area contributed by atoms with Crippen LogP contribution in [0.1, 0.15) is 84.3 Å². The van der Waals surface area contributed by atoms with Crippen LogP contribution in [0.15, 0.2) is 30.8 Å². The Morgan fingerprint density at radius 1 is 1.07 bits per heavy atom. The lowest BCUT2D eigenvalue weighted by Gasteiger charge is -2.42. The third kappa shape index (κ3) is 3.62. The Morgan fingerprint density at radius 2 is 1.63 bits per heavy atom. The maximum atomic E-state index is 12.0. The molecular weight excluding hydrogens is 352 g/mol. The Bertz CT molecular complexity index is 899. The second-order valence-corrected chi connectivity index (χ2v) is 9.93. The molecular formula is C24H30O2S. The molecule has 2 nitrogen and oxygen atoms in total. The Labute approximate surface area is 167 Å². The molecule has 1 aliphatic rings. The first-order valence-electron chi connectivity index (χ1n) is 9.69. The van der Waals surface area contributed by atoms with Crippen LogP contribution in [0.25, 0.3) is 5.57 Å². The molecule has 0 bridgehead atoms. The molecule has 0 N–H and O–H groups in total. The van der Waals surface area contributed by atoms with Crippen LogP contribution in [-0.2, 0) is 15.6 Å². The van der Waals surface area contributed by atoms with Gasteiger partial charge in [0.05, 0.1) is 6.61 Å². The maximum absolute atomic E-state index is 12.0. The Morgan fingerprint density at radius 3 is 2.22 bits per heavy atom. The van der Waals surface area contributed by atoms with E-state index in [0.717, 1.165) is 10.5 Å². The van der Waals surface area contributed by atoms with Gasteiger partial charge in [-0.15, -0.1) is 11.3 Å². The third-order valence-electron chi connectivity index (χ3n) is 5.90. The fourth-order valence-electron chi connectivity index (χ4n) is 3.99. The summed E-state index contributed by atoms with van der Waals surface area (Å²) in [5, 5.41) is 0. The normalized spacial score (nSPS) is 17.3. The molecule has 0 unspecified atom stereocenters. The molecule has 1 aromatic carbocycles. The highest BCUT2D eigenvalue weighted by atomic mass is 32.1. The SMILES string of the molecule is C=C(c1ccc(C(=O)OCC)s1)c1cc2c(cc1C)C(C)(C)CCC2(C)C. The van der Waals surface area contributed by atoms with Crippen LogP contribution in [0.4, 0.5) is 0 Å². The van der Waals surface area contributed by atoms with Gasteiger partial charge in [0, 0.05) is 4.88 Å². The predicted molar refractivity (Wildman–Crippen MR) is 115 cm³/mol. The first kappa shape index (κ1) is 19.9. The van der Waals surface area contributed by atoms with Gasteiger partial charge in [-0.3, -0.25) is 0 Å². The molecule has 27 heavy (non-hydrogen) atoms. The van der Waals surface area contributed by atoms with E-state index in [4.69, 9.17) is 4.74 Å². The third-order valence-corrected chi connectivity index (χ3v) is 7.03. The zero-order valence-corrected chi connectivity index (χ0v) is 18.2. The number of thiophene rings is 1. The van der Waals surface area contributed by atoms with Crippen molar-refractivity contribution in [1.82, 2.24) is 0 Å². The molecule has 0 aliphatic heterocycles. The van der Waals surface area contributed by atoms with Gasteiger partial charge in [0.2, 0.25) is 0 Å². The van der Waals surface area contributed by atoms with Crippen molar-refractivity contribution in [3.63, 3.8) is 0 Å². The van der Waals surface area contributed by atoms with Gasteiger partial charge in [-0.1, -0.05) is 46.4 Å². The molecule has 0 saturated heterocycles. The van der Waals surface area contributed by atoms with Crippen molar-refractivity contribution in [3.05, 3.63) is 62.9 Å². The van der Waals surface area contributed by atoms with Crippen molar-refractivity contribution in [1.29, 1.82) is 0 Å². The molecule has 1 aliphatic carbocycles. The fourth-order valence-corrected chi connectivity index (χ4v) is 4.88. The van der Waals surface area contributed by atoms with Crippen LogP contribution in [0.5, 0.6) is 0 Å². The number of esters is 1.